The summed E-state index contributed by atoms with van der Waals surface area (Å²) in [4.78, 5) is 7.23. The van der Waals surface area contributed by atoms with Crippen LogP contribution in [0.5, 0.6) is 5.75 Å². The summed E-state index contributed by atoms with van der Waals surface area (Å²) in [5.74, 6) is -0.378. The first-order valence-corrected chi connectivity index (χ1v) is 8.44. The van der Waals surface area contributed by atoms with Crippen LogP contribution in [0.2, 0.25) is 0 Å². The average molecular weight is 522 g/mol. The van der Waals surface area contributed by atoms with Gasteiger partial charge in [-0.15, -0.1) is 37.1 Å². The maximum absolute atomic E-state index is 13.4. The summed E-state index contributed by atoms with van der Waals surface area (Å²) < 4.78 is 53.6. The van der Waals surface area contributed by atoms with Crippen LogP contribution in [0.3, 0.4) is 0 Å². The summed E-state index contributed by atoms with van der Waals surface area (Å²) in [6.45, 7) is 0.709. The molecule has 0 atom stereocenters. The van der Waals surface area contributed by atoms with E-state index in [1.165, 1.54) is 36.4 Å². The number of halogens is 5. The number of hydrogen-bond donors (Lipinski definition) is 3. The Hall–Kier alpha value is -2.50. The van der Waals surface area contributed by atoms with Gasteiger partial charge in [-0.3, -0.25) is 0 Å². The van der Waals surface area contributed by atoms with Crippen LogP contribution < -0.4 is 15.8 Å². The Morgan fingerprint density at radius 3 is 2.55 bits per heavy atom. The van der Waals surface area contributed by atoms with Crippen molar-refractivity contribution in [3.05, 3.63) is 65.6 Å². The smallest absolute Gasteiger partial charge is 0.406 e. The van der Waals surface area contributed by atoms with Crippen molar-refractivity contribution >= 4 is 40.8 Å². The first-order chi connectivity index (χ1) is 13.3. The molecule has 0 saturated carbocycles. The highest BCUT2D eigenvalue weighted by Crippen LogP contribution is 2.23. The van der Waals surface area contributed by atoms with Crippen molar-refractivity contribution in [1.82, 2.24) is 10.3 Å². The van der Waals surface area contributed by atoms with Gasteiger partial charge in [0, 0.05) is 23.6 Å². The van der Waals surface area contributed by atoms with Crippen molar-refractivity contribution in [3.63, 3.8) is 0 Å². The van der Waals surface area contributed by atoms with Gasteiger partial charge in [0.15, 0.2) is 5.96 Å². The van der Waals surface area contributed by atoms with E-state index in [4.69, 9.17) is 5.73 Å². The van der Waals surface area contributed by atoms with Gasteiger partial charge in [0.1, 0.15) is 11.6 Å². The van der Waals surface area contributed by atoms with Crippen LogP contribution >= 0.6 is 24.0 Å². The first kappa shape index (κ1) is 22.8. The zero-order valence-electron chi connectivity index (χ0n) is 15.1. The molecule has 0 fully saturated rings. The zero-order valence-corrected chi connectivity index (χ0v) is 17.4. The summed E-state index contributed by atoms with van der Waals surface area (Å²) in [6.07, 6.45) is -2.28. The van der Waals surface area contributed by atoms with E-state index in [1.807, 2.05) is 6.20 Å². The molecule has 5 nitrogen and oxygen atoms in total. The van der Waals surface area contributed by atoms with Gasteiger partial charge in [-0.1, -0.05) is 12.1 Å². The molecule has 3 rings (SSSR count). The fraction of sp³-hybridized carbons (Fsp3) is 0.211. The van der Waals surface area contributed by atoms with Crippen LogP contribution in [0, 0.1) is 5.82 Å². The number of benzene rings is 2. The van der Waals surface area contributed by atoms with E-state index in [9.17, 15) is 17.6 Å². The van der Waals surface area contributed by atoms with Gasteiger partial charge in [-0.05, 0) is 47.9 Å². The van der Waals surface area contributed by atoms with Gasteiger partial charge in [0.05, 0.1) is 6.54 Å². The Bertz CT molecular complexity index is 970. The highest BCUT2D eigenvalue weighted by atomic mass is 127. The Balaban J connectivity index is 0.00000300. The lowest BCUT2D eigenvalue weighted by atomic mass is 10.1. The Labute approximate surface area is 181 Å². The second-order valence-corrected chi connectivity index (χ2v) is 6.07. The van der Waals surface area contributed by atoms with E-state index in [0.717, 1.165) is 16.5 Å². The molecule has 1 aromatic heterocycles. The SMILES string of the molecule is I.NC(=NCc1ccc(OC(F)(F)F)cc1)NCCc1c[nH]c2ccc(F)cc12. The Morgan fingerprint density at radius 2 is 1.86 bits per heavy atom. The normalized spacial score (nSPS) is 11.9. The quantitative estimate of drug-likeness (QED) is 0.194. The number of aromatic amines is 1. The second-order valence-electron chi connectivity index (χ2n) is 6.07. The predicted molar refractivity (Wildman–Crippen MR) is 114 cm³/mol. The molecule has 2 aromatic carbocycles. The molecule has 0 unspecified atom stereocenters. The first-order valence-electron chi connectivity index (χ1n) is 8.44. The molecular formula is C19H19F4IN4O. The number of aliphatic imine (C=N–C) groups is 1. The number of nitrogens with zero attached hydrogens (tertiary/aromatic N) is 1. The number of nitrogens with two attached hydrogens (primary N) is 1. The van der Waals surface area contributed by atoms with Gasteiger partial charge in [-0.2, -0.15) is 0 Å². The summed E-state index contributed by atoms with van der Waals surface area (Å²) in [6, 6.07) is 9.97. The molecule has 4 N–H and O–H groups in total. The summed E-state index contributed by atoms with van der Waals surface area (Å²) in [5.41, 5.74) is 8.31. The topological polar surface area (TPSA) is 75.4 Å². The van der Waals surface area contributed by atoms with Gasteiger partial charge in [0.25, 0.3) is 0 Å². The summed E-state index contributed by atoms with van der Waals surface area (Å²) in [7, 11) is 0. The predicted octanol–water partition coefficient (Wildman–Crippen LogP) is 4.47. The number of guanidine groups is 1. The molecule has 0 amide bonds. The van der Waals surface area contributed by atoms with E-state index < -0.39 is 6.36 Å². The van der Waals surface area contributed by atoms with Gasteiger partial charge < -0.3 is 20.8 Å². The number of alkyl halides is 3. The molecule has 0 aliphatic carbocycles. The summed E-state index contributed by atoms with van der Waals surface area (Å²) in [5, 5.41) is 3.78. The third-order valence-corrected chi connectivity index (χ3v) is 4.02. The van der Waals surface area contributed by atoms with E-state index >= 15 is 0 Å². The molecule has 29 heavy (non-hydrogen) atoms. The number of rotatable bonds is 6. The lowest BCUT2D eigenvalue weighted by molar-refractivity contribution is -0.274. The monoisotopic (exact) mass is 522 g/mol. The molecule has 0 aliphatic rings. The standard InChI is InChI=1S/C19H18F4N4O.HI/c20-14-3-6-17-16(9-14)13(11-26-17)7-8-25-18(24)27-10-12-1-4-15(5-2-12)28-19(21,22)23;/h1-6,9,11,26H,7-8,10H2,(H3,24,25,27);1H. The van der Waals surface area contributed by atoms with Crippen molar-refractivity contribution < 1.29 is 22.3 Å². The number of H-pyrrole nitrogens is 1. The van der Waals surface area contributed by atoms with Crippen LogP contribution in [-0.4, -0.2) is 23.9 Å². The molecule has 0 saturated heterocycles. The van der Waals surface area contributed by atoms with Crippen molar-refractivity contribution in [1.29, 1.82) is 0 Å². The molecule has 156 valence electrons. The fourth-order valence-corrected chi connectivity index (χ4v) is 2.71. The van der Waals surface area contributed by atoms with Crippen molar-refractivity contribution in [2.75, 3.05) is 6.54 Å². The summed E-state index contributed by atoms with van der Waals surface area (Å²) >= 11 is 0. The zero-order chi connectivity index (χ0) is 20.1. The average Bonchev–Trinajstić information content (AvgIpc) is 3.02. The van der Waals surface area contributed by atoms with E-state index in [1.54, 1.807) is 6.07 Å². The Morgan fingerprint density at radius 1 is 1.14 bits per heavy atom. The van der Waals surface area contributed by atoms with Crippen LogP contribution in [0.1, 0.15) is 11.1 Å². The van der Waals surface area contributed by atoms with Crippen LogP contribution in [-0.2, 0) is 13.0 Å². The third-order valence-electron chi connectivity index (χ3n) is 4.02. The lowest BCUT2D eigenvalue weighted by Gasteiger charge is -2.09. The fourth-order valence-electron chi connectivity index (χ4n) is 2.71. The lowest BCUT2D eigenvalue weighted by Crippen LogP contribution is -2.33. The van der Waals surface area contributed by atoms with E-state index in [0.29, 0.717) is 18.5 Å². The minimum Gasteiger partial charge on any atom is -0.406 e. The minimum atomic E-state index is -4.72. The van der Waals surface area contributed by atoms with E-state index in [2.05, 4.69) is 20.0 Å². The van der Waals surface area contributed by atoms with Crippen LogP contribution in [0.4, 0.5) is 17.6 Å². The molecule has 0 spiro atoms. The maximum Gasteiger partial charge on any atom is 0.573 e. The number of aromatic nitrogens is 1. The number of ether oxygens (including phenoxy) is 1. The molecule has 0 bridgehead atoms. The number of hydrogen-bond acceptors (Lipinski definition) is 2. The molecule has 10 heteroatoms. The molecular weight excluding hydrogens is 503 g/mol. The van der Waals surface area contributed by atoms with Crippen LogP contribution in [0.25, 0.3) is 10.9 Å². The molecule has 1 heterocycles. The van der Waals surface area contributed by atoms with Gasteiger partial charge in [-0.25, -0.2) is 9.38 Å². The van der Waals surface area contributed by atoms with Gasteiger partial charge >= 0.3 is 6.36 Å². The number of nitrogens with one attached hydrogen (secondary N) is 2. The second kappa shape index (κ2) is 9.81. The van der Waals surface area contributed by atoms with Crippen molar-refractivity contribution in [3.8, 4) is 5.75 Å². The highest BCUT2D eigenvalue weighted by molar-refractivity contribution is 14.0. The van der Waals surface area contributed by atoms with Crippen molar-refractivity contribution in [2.24, 2.45) is 10.7 Å². The molecule has 0 radical (unpaired) electrons. The van der Waals surface area contributed by atoms with Crippen LogP contribution in [0.15, 0.2) is 53.7 Å². The molecule has 0 aliphatic heterocycles. The van der Waals surface area contributed by atoms with Gasteiger partial charge in [0.2, 0.25) is 0 Å². The highest BCUT2D eigenvalue weighted by Gasteiger charge is 2.30. The maximum atomic E-state index is 13.4. The third kappa shape index (κ3) is 6.80. The van der Waals surface area contributed by atoms with Crippen molar-refractivity contribution in [2.45, 2.75) is 19.3 Å². The Kier molecular flexibility index (Phi) is 7.71. The molecule has 3 aromatic rings. The van der Waals surface area contributed by atoms with E-state index in [-0.39, 0.29) is 48.0 Å². The number of fused-ring (bicyclic) bond motifs is 1. The largest absolute Gasteiger partial charge is 0.573 e. The minimum absolute atomic E-state index is 0.